The van der Waals surface area contributed by atoms with Gasteiger partial charge in [-0.1, -0.05) is 188 Å². The highest BCUT2D eigenvalue weighted by Crippen LogP contribution is 2.42. The van der Waals surface area contributed by atoms with E-state index in [1.54, 1.807) is 0 Å². The molecule has 0 aliphatic carbocycles. The van der Waals surface area contributed by atoms with E-state index in [1.165, 1.54) is 43.4 Å². The highest BCUT2D eigenvalue weighted by atomic mass is 16.3. The molecule has 0 aliphatic heterocycles. The second-order valence-corrected chi connectivity index (χ2v) is 18.1. The molecular weight excluding hydrogens is 837 g/mol. The fraction of sp³-hybridized carbons (Fsp3) is 0. The Hall–Kier alpha value is -9.18. The Kier molecular flexibility index (Phi) is 8.90. The average Bonchev–Trinajstić information content (AvgIpc) is 3.80. The molecule has 0 saturated heterocycles. The van der Waals surface area contributed by atoms with Crippen molar-refractivity contribution in [3.63, 3.8) is 0 Å². The SMILES string of the molecule is c1cc(-c2ccc(-c3cc(-c4ccc5ccccc5c4)cc4c3oc3ccc(-c5ccc6ccccc6c5)cc34)cc2)cc(-c2cccc(-c3cnc4c5ccccc5c5ccccc5c4n3)c2)c1. The van der Waals surface area contributed by atoms with Crippen LogP contribution in [0.1, 0.15) is 0 Å². The predicted octanol–water partition coefficient (Wildman–Crippen LogP) is 18.1. The molecule has 14 aromatic rings. The lowest BCUT2D eigenvalue weighted by Crippen LogP contribution is -1.92. The Bertz CT molecular complexity index is 4340. The van der Waals surface area contributed by atoms with Gasteiger partial charge in [-0.2, -0.15) is 0 Å². The first-order valence-electron chi connectivity index (χ1n) is 23.5. The number of nitrogens with zero attached hydrogens (tertiary/aromatic N) is 2. The lowest BCUT2D eigenvalue weighted by atomic mass is 9.93. The molecule has 0 aliphatic rings. The number of hydrogen-bond acceptors (Lipinski definition) is 3. The first-order valence-corrected chi connectivity index (χ1v) is 23.5. The smallest absolute Gasteiger partial charge is 0.143 e. The number of rotatable bonds is 6. The van der Waals surface area contributed by atoms with Gasteiger partial charge in [-0.05, 0) is 131 Å². The van der Waals surface area contributed by atoms with E-state index in [0.29, 0.717) is 0 Å². The molecule has 0 unspecified atom stereocenters. The van der Waals surface area contributed by atoms with Crippen molar-refractivity contribution in [2.75, 3.05) is 0 Å². The van der Waals surface area contributed by atoms with Gasteiger partial charge in [0.2, 0.25) is 0 Å². The third-order valence-electron chi connectivity index (χ3n) is 14.0. The molecule has 0 N–H and O–H groups in total. The van der Waals surface area contributed by atoms with Crippen LogP contribution >= 0.6 is 0 Å². The Balaban J connectivity index is 0.835. The lowest BCUT2D eigenvalue weighted by molar-refractivity contribution is 0.670. The fourth-order valence-electron chi connectivity index (χ4n) is 10.5. The second-order valence-electron chi connectivity index (χ2n) is 18.1. The molecule has 0 saturated carbocycles. The van der Waals surface area contributed by atoms with E-state index >= 15 is 0 Å². The van der Waals surface area contributed by atoms with Crippen LogP contribution in [0.25, 0.3) is 143 Å². The van der Waals surface area contributed by atoms with Gasteiger partial charge in [-0.25, -0.2) is 4.98 Å². The quantitative estimate of drug-likeness (QED) is 0.156. The summed E-state index contributed by atoms with van der Waals surface area (Å²) < 4.78 is 6.83. The molecule has 2 aromatic heterocycles. The van der Waals surface area contributed by atoms with Crippen molar-refractivity contribution in [2.24, 2.45) is 0 Å². The summed E-state index contributed by atoms with van der Waals surface area (Å²) in [5.41, 5.74) is 16.9. The largest absolute Gasteiger partial charge is 0.455 e. The number of aromatic nitrogens is 2. The van der Waals surface area contributed by atoms with Gasteiger partial charge in [0.05, 0.1) is 22.9 Å². The first-order chi connectivity index (χ1) is 34.1. The number of furan rings is 1. The third kappa shape index (κ3) is 6.66. The molecule has 0 bridgehead atoms. The molecule has 0 atom stereocenters. The van der Waals surface area contributed by atoms with Crippen molar-refractivity contribution in [1.82, 2.24) is 9.97 Å². The Morgan fingerprint density at radius 1 is 0.275 bits per heavy atom. The van der Waals surface area contributed by atoms with Crippen molar-refractivity contribution < 1.29 is 4.42 Å². The van der Waals surface area contributed by atoms with Gasteiger partial charge in [0, 0.05) is 32.7 Å². The summed E-state index contributed by atoms with van der Waals surface area (Å²) in [6.45, 7) is 0. The lowest BCUT2D eigenvalue weighted by Gasteiger charge is -2.12. The minimum Gasteiger partial charge on any atom is -0.455 e. The summed E-state index contributed by atoms with van der Waals surface area (Å²) in [6, 6.07) is 85.2. The standard InChI is InChI=1S/C66H40N2O/c1-3-13-45-34-50(29-25-41(45)11-1)52-31-32-63-60(37-52)61-39-54(51-30-26-42-12-2-4-14-46(42)35-51)38-59(66(61)69-63)44-27-23-43(24-28-44)47-15-9-16-48(33-47)49-17-10-18-53(36-49)62-40-67-64-57-21-7-5-19-55(57)56-20-6-8-22-58(56)65(64)68-62/h1-40H. The maximum Gasteiger partial charge on any atom is 0.143 e. The van der Waals surface area contributed by atoms with Crippen LogP contribution in [-0.2, 0) is 0 Å². The summed E-state index contributed by atoms with van der Waals surface area (Å²) in [7, 11) is 0. The van der Waals surface area contributed by atoms with Crippen molar-refractivity contribution in [3.05, 3.63) is 243 Å². The topological polar surface area (TPSA) is 38.9 Å². The van der Waals surface area contributed by atoms with E-state index in [9.17, 15) is 0 Å². The molecule has 0 amide bonds. The van der Waals surface area contributed by atoms with Crippen LogP contribution in [0.4, 0.5) is 0 Å². The molecule has 14 rings (SSSR count). The van der Waals surface area contributed by atoms with Crippen LogP contribution in [-0.4, -0.2) is 9.97 Å². The van der Waals surface area contributed by atoms with Crippen molar-refractivity contribution in [1.29, 1.82) is 0 Å². The average molecular weight is 877 g/mol. The van der Waals surface area contributed by atoms with Gasteiger partial charge in [-0.3, -0.25) is 4.98 Å². The zero-order valence-corrected chi connectivity index (χ0v) is 37.4. The van der Waals surface area contributed by atoms with Crippen molar-refractivity contribution in [2.45, 2.75) is 0 Å². The maximum absolute atomic E-state index is 6.83. The number of fused-ring (bicyclic) bond motifs is 11. The molecule has 0 fully saturated rings. The van der Waals surface area contributed by atoms with Gasteiger partial charge in [0.1, 0.15) is 11.2 Å². The second kappa shape index (κ2) is 15.7. The molecule has 12 aromatic carbocycles. The normalized spacial score (nSPS) is 11.8. The monoisotopic (exact) mass is 876 g/mol. The first kappa shape index (κ1) is 39.0. The molecule has 0 spiro atoms. The Morgan fingerprint density at radius 2 is 0.754 bits per heavy atom. The van der Waals surface area contributed by atoms with Crippen LogP contribution in [0.15, 0.2) is 247 Å². The third-order valence-corrected chi connectivity index (χ3v) is 14.0. The van der Waals surface area contributed by atoms with Crippen LogP contribution < -0.4 is 0 Å². The van der Waals surface area contributed by atoms with Crippen LogP contribution in [0.5, 0.6) is 0 Å². The zero-order valence-electron chi connectivity index (χ0n) is 37.4. The van der Waals surface area contributed by atoms with E-state index in [0.717, 1.165) is 99.5 Å². The molecule has 3 heteroatoms. The van der Waals surface area contributed by atoms with Gasteiger partial charge in [0.15, 0.2) is 0 Å². The molecule has 0 radical (unpaired) electrons. The Morgan fingerprint density at radius 3 is 1.43 bits per heavy atom. The summed E-state index contributed by atoms with van der Waals surface area (Å²) in [4.78, 5) is 10.3. The van der Waals surface area contributed by atoms with Gasteiger partial charge in [0.25, 0.3) is 0 Å². The van der Waals surface area contributed by atoms with Crippen LogP contribution in [0.3, 0.4) is 0 Å². The highest BCUT2D eigenvalue weighted by molar-refractivity contribution is 6.23. The predicted molar refractivity (Wildman–Crippen MR) is 289 cm³/mol. The molecule has 2 heterocycles. The van der Waals surface area contributed by atoms with E-state index in [2.05, 4.69) is 237 Å². The van der Waals surface area contributed by atoms with Gasteiger partial charge < -0.3 is 4.42 Å². The Labute approximate surface area is 398 Å². The minimum absolute atomic E-state index is 0.852. The minimum atomic E-state index is 0.852. The van der Waals surface area contributed by atoms with E-state index in [-0.39, 0.29) is 0 Å². The number of hydrogen-bond donors (Lipinski definition) is 0. The van der Waals surface area contributed by atoms with E-state index < -0.39 is 0 Å². The van der Waals surface area contributed by atoms with E-state index in [4.69, 9.17) is 14.4 Å². The maximum atomic E-state index is 6.83. The van der Waals surface area contributed by atoms with Crippen molar-refractivity contribution in [3.8, 4) is 66.9 Å². The fourth-order valence-corrected chi connectivity index (χ4v) is 10.5. The van der Waals surface area contributed by atoms with Crippen molar-refractivity contribution >= 4 is 76.1 Å². The molecular formula is C66H40N2O. The summed E-state index contributed by atoms with van der Waals surface area (Å²) in [5.74, 6) is 0. The molecule has 3 nitrogen and oxygen atoms in total. The molecule has 69 heavy (non-hydrogen) atoms. The zero-order chi connectivity index (χ0) is 45.4. The number of benzene rings is 12. The highest BCUT2D eigenvalue weighted by Gasteiger charge is 2.18. The van der Waals surface area contributed by atoms with E-state index in [1.807, 2.05) is 6.20 Å². The van der Waals surface area contributed by atoms with Crippen LogP contribution in [0, 0.1) is 0 Å². The summed E-state index contributed by atoms with van der Waals surface area (Å²) in [6.07, 6.45) is 1.92. The summed E-state index contributed by atoms with van der Waals surface area (Å²) >= 11 is 0. The van der Waals surface area contributed by atoms with Crippen LogP contribution in [0.2, 0.25) is 0 Å². The van der Waals surface area contributed by atoms with Gasteiger partial charge in [-0.15, -0.1) is 0 Å². The summed E-state index contributed by atoms with van der Waals surface area (Å²) in [5, 5.41) is 11.7. The molecule has 320 valence electrons. The van der Waals surface area contributed by atoms with Gasteiger partial charge >= 0.3 is 0 Å².